The largest absolute Gasteiger partial charge is 0.348 e. The van der Waals surface area contributed by atoms with Gasteiger partial charge in [-0.25, -0.2) is 0 Å². The van der Waals surface area contributed by atoms with E-state index in [9.17, 15) is 14.4 Å². The summed E-state index contributed by atoms with van der Waals surface area (Å²) in [6, 6.07) is 19.7. The van der Waals surface area contributed by atoms with Gasteiger partial charge in [0.05, 0.1) is 23.2 Å². The van der Waals surface area contributed by atoms with Gasteiger partial charge in [-0.3, -0.25) is 19.5 Å². The zero-order chi connectivity index (χ0) is 27.4. The molecule has 0 radical (unpaired) electrons. The van der Waals surface area contributed by atoms with E-state index >= 15 is 0 Å². The highest BCUT2D eigenvalue weighted by Crippen LogP contribution is 2.49. The van der Waals surface area contributed by atoms with Crippen molar-refractivity contribution in [3.8, 4) is 0 Å². The lowest BCUT2D eigenvalue weighted by Crippen LogP contribution is -2.51. The summed E-state index contributed by atoms with van der Waals surface area (Å²) < 4.78 is 0. The Labute approximate surface area is 232 Å². The molecule has 1 fully saturated rings. The number of aryl methyl sites for hydroxylation is 2. The molecule has 3 aliphatic rings. The third-order valence-corrected chi connectivity index (χ3v) is 9.04. The molecule has 0 bridgehead atoms. The Morgan fingerprint density at radius 3 is 2.75 bits per heavy atom. The third-order valence-electron chi connectivity index (χ3n) is 9.04. The second kappa shape index (κ2) is 9.33. The number of H-pyrrole nitrogens is 1. The zero-order valence-corrected chi connectivity index (χ0v) is 22.4. The van der Waals surface area contributed by atoms with E-state index in [1.165, 1.54) is 11.1 Å². The van der Waals surface area contributed by atoms with Crippen LogP contribution >= 0.6 is 0 Å². The van der Waals surface area contributed by atoms with E-state index in [-0.39, 0.29) is 30.3 Å². The fourth-order valence-corrected chi connectivity index (χ4v) is 7.04. The number of fused-ring (bicyclic) bond motifs is 4. The van der Waals surface area contributed by atoms with E-state index in [0.717, 1.165) is 40.6 Å². The number of aromatic nitrogens is 2. The second-order valence-electron chi connectivity index (χ2n) is 11.3. The van der Waals surface area contributed by atoms with Crippen LogP contribution in [0.3, 0.4) is 0 Å². The minimum atomic E-state index is -0.730. The van der Waals surface area contributed by atoms with Crippen LogP contribution in [0, 0.1) is 6.92 Å². The minimum Gasteiger partial charge on any atom is -0.348 e. The molecule has 3 aromatic carbocycles. The number of nitrogens with one attached hydrogen (secondary N) is 2. The summed E-state index contributed by atoms with van der Waals surface area (Å²) in [6.45, 7) is 2.97. The van der Waals surface area contributed by atoms with Gasteiger partial charge >= 0.3 is 0 Å². The molecule has 0 saturated carbocycles. The number of carbonyl (C=O) groups excluding carboxylic acids is 3. The molecule has 1 aliphatic carbocycles. The Bertz CT molecular complexity index is 1670. The molecular formula is C32H31N5O3. The Kier molecular flexibility index (Phi) is 5.73. The van der Waals surface area contributed by atoms with Gasteiger partial charge in [-0.15, -0.1) is 0 Å². The molecule has 1 saturated heterocycles. The molecule has 1 spiro atoms. The van der Waals surface area contributed by atoms with E-state index < -0.39 is 5.41 Å². The van der Waals surface area contributed by atoms with Gasteiger partial charge in [-0.2, -0.15) is 5.10 Å². The predicted molar refractivity (Wildman–Crippen MR) is 152 cm³/mol. The van der Waals surface area contributed by atoms with Gasteiger partial charge in [0, 0.05) is 29.7 Å². The van der Waals surface area contributed by atoms with Crippen LogP contribution in [0.2, 0.25) is 0 Å². The van der Waals surface area contributed by atoms with Gasteiger partial charge in [0.25, 0.3) is 5.91 Å². The third kappa shape index (κ3) is 3.81. The Morgan fingerprint density at radius 1 is 1.07 bits per heavy atom. The van der Waals surface area contributed by atoms with Crippen molar-refractivity contribution in [2.24, 2.45) is 0 Å². The van der Waals surface area contributed by atoms with Crippen LogP contribution in [0.15, 0.2) is 66.9 Å². The van der Waals surface area contributed by atoms with E-state index in [2.05, 4.69) is 27.6 Å². The number of hydrogen-bond acceptors (Lipinski definition) is 4. The molecular weight excluding hydrogens is 502 g/mol. The highest BCUT2D eigenvalue weighted by molar-refractivity contribution is 6.11. The molecule has 40 heavy (non-hydrogen) atoms. The summed E-state index contributed by atoms with van der Waals surface area (Å²) >= 11 is 0. The van der Waals surface area contributed by atoms with Gasteiger partial charge < -0.3 is 15.1 Å². The molecule has 4 aromatic rings. The van der Waals surface area contributed by atoms with Gasteiger partial charge in [0.2, 0.25) is 11.8 Å². The monoisotopic (exact) mass is 533 g/mol. The van der Waals surface area contributed by atoms with Crippen molar-refractivity contribution in [1.82, 2.24) is 20.4 Å². The molecule has 3 heterocycles. The van der Waals surface area contributed by atoms with Crippen LogP contribution in [0.1, 0.15) is 57.9 Å². The molecule has 202 valence electrons. The Hall–Kier alpha value is -4.46. The number of nitrogens with zero attached hydrogens (tertiary/aromatic N) is 3. The van der Waals surface area contributed by atoms with Crippen LogP contribution < -0.4 is 10.2 Å². The molecule has 2 N–H and O–H groups in total. The topological polar surface area (TPSA) is 98.4 Å². The zero-order valence-electron chi connectivity index (χ0n) is 22.4. The first-order valence-corrected chi connectivity index (χ1v) is 14.0. The maximum absolute atomic E-state index is 14.2. The lowest BCUT2D eigenvalue weighted by Gasteiger charge is -2.39. The average molecular weight is 534 g/mol. The lowest BCUT2D eigenvalue weighted by molar-refractivity contribution is -0.127. The van der Waals surface area contributed by atoms with Crippen molar-refractivity contribution in [2.75, 3.05) is 24.5 Å². The number of amides is 3. The first kappa shape index (κ1) is 24.6. The average Bonchev–Trinajstić information content (AvgIpc) is 3.66. The molecule has 2 aliphatic heterocycles. The highest BCUT2D eigenvalue weighted by Gasteiger charge is 2.53. The van der Waals surface area contributed by atoms with E-state index in [1.807, 2.05) is 60.4 Å². The quantitative estimate of drug-likeness (QED) is 0.411. The van der Waals surface area contributed by atoms with Gasteiger partial charge in [-0.1, -0.05) is 36.4 Å². The molecule has 1 unspecified atom stereocenters. The molecule has 1 atom stereocenters. The van der Waals surface area contributed by atoms with Crippen molar-refractivity contribution in [1.29, 1.82) is 0 Å². The SMILES string of the molecule is Cc1cccc2c1C1(CCN(C(=O)c3ccc4[nH]ncc4c3)CC1)C(=O)N2CC(=O)NC1CCc2ccccc21. The first-order chi connectivity index (χ1) is 19.4. The van der Waals surface area contributed by atoms with Crippen LogP contribution in [0.25, 0.3) is 10.9 Å². The predicted octanol–water partition coefficient (Wildman–Crippen LogP) is 4.20. The first-order valence-electron chi connectivity index (χ1n) is 14.0. The summed E-state index contributed by atoms with van der Waals surface area (Å²) in [5, 5.41) is 11.0. The highest BCUT2D eigenvalue weighted by atomic mass is 16.2. The number of carbonyl (C=O) groups is 3. The normalized spacial score (nSPS) is 19.2. The maximum Gasteiger partial charge on any atom is 0.253 e. The summed E-state index contributed by atoms with van der Waals surface area (Å²) in [6.07, 6.45) is 4.58. The van der Waals surface area contributed by atoms with Gasteiger partial charge in [-0.05, 0) is 79.1 Å². The van der Waals surface area contributed by atoms with Crippen molar-refractivity contribution in [3.63, 3.8) is 0 Å². The Morgan fingerprint density at radius 2 is 1.90 bits per heavy atom. The Balaban J connectivity index is 1.10. The van der Waals surface area contributed by atoms with Gasteiger partial charge in [0.15, 0.2) is 0 Å². The fourth-order valence-electron chi connectivity index (χ4n) is 7.04. The lowest BCUT2D eigenvalue weighted by atomic mass is 9.72. The van der Waals surface area contributed by atoms with E-state index in [0.29, 0.717) is 31.5 Å². The second-order valence-corrected chi connectivity index (χ2v) is 11.3. The van der Waals surface area contributed by atoms with Crippen LogP contribution in [-0.4, -0.2) is 52.5 Å². The number of anilines is 1. The van der Waals surface area contributed by atoms with Crippen LogP contribution in [0.4, 0.5) is 5.69 Å². The summed E-state index contributed by atoms with van der Waals surface area (Å²) in [4.78, 5) is 44.3. The summed E-state index contributed by atoms with van der Waals surface area (Å²) in [7, 11) is 0. The van der Waals surface area contributed by atoms with Crippen LogP contribution in [0.5, 0.6) is 0 Å². The van der Waals surface area contributed by atoms with Crippen molar-refractivity contribution in [3.05, 3.63) is 94.7 Å². The smallest absolute Gasteiger partial charge is 0.253 e. The molecule has 3 amide bonds. The fraction of sp³-hybridized carbons (Fsp3) is 0.312. The molecule has 7 rings (SSSR count). The maximum atomic E-state index is 14.2. The van der Waals surface area contributed by atoms with Gasteiger partial charge in [0.1, 0.15) is 6.54 Å². The molecule has 1 aromatic heterocycles. The molecule has 8 nitrogen and oxygen atoms in total. The van der Waals surface area contributed by atoms with Crippen molar-refractivity contribution in [2.45, 2.75) is 44.1 Å². The number of rotatable bonds is 4. The number of likely N-dealkylation sites (tertiary alicyclic amines) is 1. The number of piperidine rings is 1. The minimum absolute atomic E-state index is 0.0109. The molecule has 8 heteroatoms. The van der Waals surface area contributed by atoms with Crippen molar-refractivity contribution < 1.29 is 14.4 Å². The standard InChI is InChI=1S/C32H31N5O3/c1-20-5-4-8-27-29(20)32(13-15-36(16-14-32)30(39)22-10-11-25-23(17-22)18-33-35-25)31(40)37(27)19-28(38)34-26-12-9-21-6-2-3-7-24(21)26/h2-8,10-11,17-18,26H,9,12-16,19H2,1H3,(H,33,35)(H,34,38). The number of aromatic amines is 1. The van der Waals surface area contributed by atoms with Crippen molar-refractivity contribution >= 4 is 34.3 Å². The van der Waals surface area contributed by atoms with Crippen LogP contribution in [-0.2, 0) is 21.4 Å². The van der Waals surface area contributed by atoms with E-state index in [1.54, 1.807) is 11.1 Å². The number of benzene rings is 3. The summed E-state index contributed by atoms with van der Waals surface area (Å²) in [5.41, 5.74) is 6.08. The number of hydrogen-bond donors (Lipinski definition) is 2. The van der Waals surface area contributed by atoms with E-state index in [4.69, 9.17) is 0 Å². The summed E-state index contributed by atoms with van der Waals surface area (Å²) in [5.74, 6) is -0.228.